The average Bonchev–Trinajstić information content (AvgIpc) is 2.67. The van der Waals surface area contributed by atoms with Gasteiger partial charge in [-0.1, -0.05) is 24.3 Å². The van der Waals surface area contributed by atoms with Gasteiger partial charge in [-0.2, -0.15) is 0 Å². The number of ether oxygens (including phenoxy) is 2. The fourth-order valence-corrected chi connectivity index (χ4v) is 2.82. The maximum absolute atomic E-state index is 12.3. The number of anilines is 1. The normalized spacial score (nSPS) is 16.9. The minimum absolute atomic E-state index is 0.0394. The van der Waals surface area contributed by atoms with E-state index in [1.54, 1.807) is 0 Å². The SMILES string of the molecule is O=C(Nc1cccc(OCCOc2ccccc2)c1)C1CCCNC1. The number of para-hydroxylation sites is 1. The average molecular weight is 340 g/mol. The van der Waals surface area contributed by atoms with Crippen LogP contribution in [0.15, 0.2) is 54.6 Å². The van der Waals surface area contributed by atoms with Crippen molar-refractivity contribution in [2.75, 3.05) is 31.6 Å². The molecule has 1 aliphatic heterocycles. The van der Waals surface area contributed by atoms with Crippen molar-refractivity contribution in [3.8, 4) is 11.5 Å². The van der Waals surface area contributed by atoms with Crippen LogP contribution >= 0.6 is 0 Å². The lowest BCUT2D eigenvalue weighted by Crippen LogP contribution is -2.37. The fourth-order valence-electron chi connectivity index (χ4n) is 2.82. The molecule has 0 spiro atoms. The summed E-state index contributed by atoms with van der Waals surface area (Å²) in [5, 5.41) is 6.24. The number of carbonyl (C=O) groups is 1. The van der Waals surface area contributed by atoms with E-state index in [9.17, 15) is 4.79 Å². The Bertz CT molecular complexity index is 670. The molecule has 3 rings (SSSR count). The highest BCUT2D eigenvalue weighted by Gasteiger charge is 2.20. The van der Waals surface area contributed by atoms with Gasteiger partial charge in [-0.3, -0.25) is 4.79 Å². The summed E-state index contributed by atoms with van der Waals surface area (Å²) in [6.07, 6.45) is 1.98. The molecule has 132 valence electrons. The van der Waals surface area contributed by atoms with Crippen molar-refractivity contribution in [2.24, 2.45) is 5.92 Å². The van der Waals surface area contributed by atoms with Gasteiger partial charge in [-0.05, 0) is 43.7 Å². The van der Waals surface area contributed by atoms with Crippen LogP contribution in [0.2, 0.25) is 0 Å². The van der Waals surface area contributed by atoms with Crippen LogP contribution in [0.5, 0.6) is 11.5 Å². The van der Waals surface area contributed by atoms with Gasteiger partial charge in [-0.15, -0.1) is 0 Å². The van der Waals surface area contributed by atoms with Gasteiger partial charge in [0.25, 0.3) is 0 Å². The van der Waals surface area contributed by atoms with E-state index in [4.69, 9.17) is 9.47 Å². The highest BCUT2D eigenvalue weighted by molar-refractivity contribution is 5.92. The zero-order chi connectivity index (χ0) is 17.3. The molecule has 0 radical (unpaired) electrons. The number of hydrogen-bond acceptors (Lipinski definition) is 4. The Morgan fingerprint density at radius 3 is 2.56 bits per heavy atom. The molecule has 1 aliphatic rings. The van der Waals surface area contributed by atoms with Crippen LogP contribution in [0.4, 0.5) is 5.69 Å². The lowest BCUT2D eigenvalue weighted by Gasteiger charge is -2.22. The molecule has 0 saturated carbocycles. The van der Waals surface area contributed by atoms with E-state index in [2.05, 4.69) is 10.6 Å². The second-order valence-corrected chi connectivity index (χ2v) is 6.07. The summed E-state index contributed by atoms with van der Waals surface area (Å²) in [6, 6.07) is 17.1. The summed E-state index contributed by atoms with van der Waals surface area (Å²) in [4.78, 5) is 12.3. The van der Waals surface area contributed by atoms with E-state index < -0.39 is 0 Å². The van der Waals surface area contributed by atoms with Gasteiger partial charge in [0.1, 0.15) is 24.7 Å². The first-order chi connectivity index (χ1) is 12.3. The molecule has 1 saturated heterocycles. The maximum atomic E-state index is 12.3. The van der Waals surface area contributed by atoms with Crippen molar-refractivity contribution in [1.29, 1.82) is 0 Å². The lowest BCUT2D eigenvalue weighted by molar-refractivity contribution is -0.120. The number of hydrogen-bond donors (Lipinski definition) is 2. The predicted molar refractivity (Wildman–Crippen MR) is 98.1 cm³/mol. The predicted octanol–water partition coefficient (Wildman–Crippen LogP) is 3.08. The van der Waals surface area contributed by atoms with Gasteiger partial charge in [0.15, 0.2) is 0 Å². The summed E-state index contributed by atoms with van der Waals surface area (Å²) in [5.74, 6) is 1.65. The van der Waals surface area contributed by atoms with Crippen LogP contribution in [0, 0.1) is 5.92 Å². The molecule has 1 atom stereocenters. The van der Waals surface area contributed by atoms with Crippen LogP contribution in [0.25, 0.3) is 0 Å². The van der Waals surface area contributed by atoms with Crippen molar-refractivity contribution in [3.05, 3.63) is 54.6 Å². The molecule has 5 heteroatoms. The highest BCUT2D eigenvalue weighted by atomic mass is 16.5. The quantitative estimate of drug-likeness (QED) is 0.761. The second-order valence-electron chi connectivity index (χ2n) is 6.07. The molecule has 25 heavy (non-hydrogen) atoms. The smallest absolute Gasteiger partial charge is 0.228 e. The van der Waals surface area contributed by atoms with E-state index >= 15 is 0 Å². The third-order valence-corrected chi connectivity index (χ3v) is 4.13. The largest absolute Gasteiger partial charge is 0.490 e. The second kappa shape index (κ2) is 9.08. The Morgan fingerprint density at radius 2 is 1.80 bits per heavy atom. The first-order valence-electron chi connectivity index (χ1n) is 8.73. The Hall–Kier alpha value is -2.53. The van der Waals surface area contributed by atoms with E-state index in [1.165, 1.54) is 0 Å². The minimum Gasteiger partial charge on any atom is -0.490 e. The van der Waals surface area contributed by atoms with Crippen molar-refractivity contribution >= 4 is 11.6 Å². The van der Waals surface area contributed by atoms with E-state index in [-0.39, 0.29) is 11.8 Å². The standard InChI is InChI=1S/C20H24N2O3/c23-20(16-6-5-11-21-15-16)22-17-7-4-10-19(14-17)25-13-12-24-18-8-2-1-3-9-18/h1-4,7-10,14,16,21H,5-6,11-13,15H2,(H,22,23). The topological polar surface area (TPSA) is 59.6 Å². The summed E-state index contributed by atoms with van der Waals surface area (Å²) in [6.45, 7) is 2.66. The molecule has 1 unspecified atom stereocenters. The molecule has 5 nitrogen and oxygen atoms in total. The molecule has 1 amide bonds. The monoisotopic (exact) mass is 340 g/mol. The van der Waals surface area contributed by atoms with E-state index in [1.807, 2.05) is 54.6 Å². The molecular formula is C20H24N2O3. The fraction of sp³-hybridized carbons (Fsp3) is 0.350. The molecule has 0 bridgehead atoms. The maximum Gasteiger partial charge on any atom is 0.228 e. The van der Waals surface area contributed by atoms with Gasteiger partial charge in [-0.25, -0.2) is 0 Å². The number of amides is 1. The van der Waals surface area contributed by atoms with Crippen LogP contribution < -0.4 is 20.1 Å². The molecule has 2 aromatic rings. The van der Waals surface area contributed by atoms with Crippen LogP contribution in [0.1, 0.15) is 12.8 Å². The molecule has 2 aromatic carbocycles. The Kier molecular flexibility index (Phi) is 6.29. The molecule has 1 heterocycles. The molecule has 0 aromatic heterocycles. The Morgan fingerprint density at radius 1 is 1.04 bits per heavy atom. The summed E-state index contributed by atoms with van der Waals surface area (Å²) >= 11 is 0. The number of piperidine rings is 1. The zero-order valence-electron chi connectivity index (χ0n) is 14.2. The van der Waals surface area contributed by atoms with Crippen molar-refractivity contribution < 1.29 is 14.3 Å². The first-order valence-corrected chi connectivity index (χ1v) is 8.73. The van der Waals surface area contributed by atoms with Crippen molar-refractivity contribution in [3.63, 3.8) is 0 Å². The van der Waals surface area contributed by atoms with E-state index in [0.29, 0.717) is 13.2 Å². The number of rotatable bonds is 7. The van der Waals surface area contributed by atoms with Gasteiger partial charge in [0, 0.05) is 18.3 Å². The highest BCUT2D eigenvalue weighted by Crippen LogP contribution is 2.19. The van der Waals surface area contributed by atoms with Gasteiger partial charge >= 0.3 is 0 Å². The van der Waals surface area contributed by atoms with E-state index in [0.717, 1.165) is 43.1 Å². The van der Waals surface area contributed by atoms with Gasteiger partial charge in [0.05, 0.1) is 5.92 Å². The third-order valence-electron chi connectivity index (χ3n) is 4.13. The summed E-state index contributed by atoms with van der Waals surface area (Å²) in [7, 11) is 0. The number of nitrogens with one attached hydrogen (secondary N) is 2. The summed E-state index contributed by atoms with van der Waals surface area (Å²) in [5.41, 5.74) is 0.761. The van der Waals surface area contributed by atoms with Crippen LogP contribution in [-0.4, -0.2) is 32.2 Å². The van der Waals surface area contributed by atoms with Gasteiger partial charge < -0.3 is 20.1 Å². The Labute approximate surface area is 148 Å². The number of carbonyl (C=O) groups excluding carboxylic acids is 1. The third kappa shape index (κ3) is 5.50. The lowest BCUT2D eigenvalue weighted by atomic mass is 9.99. The minimum atomic E-state index is 0.0394. The van der Waals surface area contributed by atoms with Crippen molar-refractivity contribution in [2.45, 2.75) is 12.8 Å². The van der Waals surface area contributed by atoms with Crippen LogP contribution in [0.3, 0.4) is 0 Å². The number of benzene rings is 2. The zero-order valence-corrected chi connectivity index (χ0v) is 14.2. The van der Waals surface area contributed by atoms with Crippen LogP contribution in [-0.2, 0) is 4.79 Å². The first kappa shape index (κ1) is 17.3. The summed E-state index contributed by atoms with van der Waals surface area (Å²) < 4.78 is 11.3. The van der Waals surface area contributed by atoms with Crippen molar-refractivity contribution in [1.82, 2.24) is 5.32 Å². The van der Waals surface area contributed by atoms with Gasteiger partial charge in [0.2, 0.25) is 5.91 Å². The molecular weight excluding hydrogens is 316 g/mol. The molecule has 0 aliphatic carbocycles. The molecule has 1 fully saturated rings. The molecule has 2 N–H and O–H groups in total. The Balaban J connectivity index is 1.45.